The molecule has 0 aromatic carbocycles. The molecule has 2 heterocycles. The van der Waals surface area contributed by atoms with Gasteiger partial charge >= 0.3 is 6.09 Å². The molecule has 3 rings (SSSR count). The molecule has 3 aliphatic rings. The Morgan fingerprint density at radius 2 is 2.07 bits per heavy atom. The predicted octanol–water partition coefficient (Wildman–Crippen LogP) is 1.44. The maximum absolute atomic E-state index is 11.5. The minimum Gasteiger partial charge on any atom is -0.453 e. The molecule has 0 N–H and O–H groups in total. The second kappa shape index (κ2) is 3.83. The van der Waals surface area contributed by atoms with E-state index in [0.717, 1.165) is 25.8 Å². The zero-order chi connectivity index (χ0) is 11.0. The molecule has 0 spiro atoms. The fraction of sp³-hybridized carbons (Fsp3) is 0.818. The van der Waals surface area contributed by atoms with Gasteiger partial charge in [-0.1, -0.05) is 0 Å². The number of amides is 1. The van der Waals surface area contributed by atoms with Gasteiger partial charge < -0.3 is 9.64 Å². The summed E-state index contributed by atoms with van der Waals surface area (Å²) < 4.78 is 4.75. The topological polar surface area (TPSA) is 46.6 Å². The van der Waals surface area contributed by atoms with Crippen LogP contribution in [0.1, 0.15) is 26.2 Å². The van der Waals surface area contributed by atoms with Crippen molar-refractivity contribution in [2.24, 2.45) is 11.8 Å². The fourth-order valence-corrected chi connectivity index (χ4v) is 2.96. The largest absolute Gasteiger partial charge is 0.453 e. The Morgan fingerprint density at radius 1 is 1.33 bits per heavy atom. The molecule has 4 nitrogen and oxygen atoms in total. The van der Waals surface area contributed by atoms with Gasteiger partial charge in [0.15, 0.2) is 0 Å². The number of methoxy groups -OCH3 is 1. The predicted molar refractivity (Wildman–Crippen MR) is 54.4 cm³/mol. The average molecular weight is 211 g/mol. The minimum atomic E-state index is -0.282. The molecule has 4 heteroatoms. The Labute approximate surface area is 89.6 Å². The van der Waals surface area contributed by atoms with E-state index in [1.165, 1.54) is 7.11 Å². The molecule has 15 heavy (non-hydrogen) atoms. The number of Topliss-reactive ketones (excluding diaryl/α,β-unsaturated/α-hetero) is 1. The molecule has 2 bridgehead atoms. The van der Waals surface area contributed by atoms with Gasteiger partial charge in [0.05, 0.1) is 7.11 Å². The smallest absolute Gasteiger partial charge is 0.409 e. The van der Waals surface area contributed by atoms with Crippen molar-refractivity contribution in [1.82, 2.24) is 4.90 Å². The molecule has 1 aliphatic carbocycles. The van der Waals surface area contributed by atoms with Gasteiger partial charge in [0.25, 0.3) is 0 Å². The number of carbonyl (C=O) groups is 2. The lowest BCUT2D eigenvalue weighted by molar-refractivity contribution is -0.127. The maximum Gasteiger partial charge on any atom is 0.409 e. The van der Waals surface area contributed by atoms with Crippen LogP contribution in [0.2, 0.25) is 0 Å². The van der Waals surface area contributed by atoms with E-state index >= 15 is 0 Å². The highest BCUT2D eigenvalue weighted by Gasteiger charge is 2.44. The highest BCUT2D eigenvalue weighted by atomic mass is 16.5. The van der Waals surface area contributed by atoms with E-state index in [2.05, 4.69) is 0 Å². The molecule has 0 aromatic rings. The summed E-state index contributed by atoms with van der Waals surface area (Å²) in [4.78, 5) is 24.7. The average Bonchev–Trinajstić information content (AvgIpc) is 2.28. The van der Waals surface area contributed by atoms with E-state index in [9.17, 15) is 9.59 Å². The van der Waals surface area contributed by atoms with Crippen molar-refractivity contribution in [3.63, 3.8) is 0 Å². The van der Waals surface area contributed by atoms with Crippen LogP contribution in [0, 0.1) is 11.8 Å². The number of nitrogens with zero attached hydrogens (tertiary/aromatic N) is 1. The third-order valence-electron chi connectivity index (χ3n) is 3.71. The van der Waals surface area contributed by atoms with Crippen molar-refractivity contribution in [2.75, 3.05) is 13.7 Å². The lowest BCUT2D eigenvalue weighted by Gasteiger charge is -2.48. The summed E-state index contributed by atoms with van der Waals surface area (Å²) in [5.41, 5.74) is 0. The highest BCUT2D eigenvalue weighted by molar-refractivity contribution is 5.80. The van der Waals surface area contributed by atoms with Crippen molar-refractivity contribution >= 4 is 11.9 Å². The van der Waals surface area contributed by atoms with E-state index in [1.807, 2.05) is 0 Å². The monoisotopic (exact) mass is 211 g/mol. The Kier molecular flexibility index (Phi) is 2.67. The van der Waals surface area contributed by atoms with Gasteiger partial charge in [-0.15, -0.1) is 0 Å². The van der Waals surface area contributed by atoms with Crippen molar-refractivity contribution < 1.29 is 14.3 Å². The molecule has 84 valence electrons. The molecule has 3 fully saturated rings. The number of fused-ring (bicyclic) bond motifs is 3. The van der Waals surface area contributed by atoms with Crippen LogP contribution in [0.3, 0.4) is 0 Å². The summed E-state index contributed by atoms with van der Waals surface area (Å²) in [6.45, 7) is 2.39. The number of rotatable bonds is 1. The molecule has 1 saturated carbocycles. The summed E-state index contributed by atoms with van der Waals surface area (Å²) in [5, 5.41) is 0. The molecule has 2 aliphatic heterocycles. The van der Waals surface area contributed by atoms with E-state index in [0.29, 0.717) is 5.92 Å². The maximum atomic E-state index is 11.5. The van der Waals surface area contributed by atoms with Crippen LogP contribution < -0.4 is 0 Å². The molecular weight excluding hydrogens is 194 g/mol. The second-order valence-corrected chi connectivity index (χ2v) is 4.59. The molecular formula is C11H17NO3. The molecule has 0 aromatic heterocycles. The second-order valence-electron chi connectivity index (χ2n) is 4.59. The van der Waals surface area contributed by atoms with Gasteiger partial charge in [0, 0.05) is 18.5 Å². The summed E-state index contributed by atoms with van der Waals surface area (Å²) in [7, 11) is 1.40. The van der Waals surface area contributed by atoms with Crippen LogP contribution in [0.15, 0.2) is 0 Å². The number of hydrogen-bond donors (Lipinski definition) is 0. The van der Waals surface area contributed by atoms with Gasteiger partial charge in [-0.2, -0.15) is 0 Å². The van der Waals surface area contributed by atoms with Gasteiger partial charge in [0.1, 0.15) is 5.78 Å². The van der Waals surface area contributed by atoms with Crippen molar-refractivity contribution in [2.45, 2.75) is 32.2 Å². The first-order valence-corrected chi connectivity index (χ1v) is 5.48. The Hall–Kier alpha value is -1.06. The van der Waals surface area contributed by atoms with E-state index in [4.69, 9.17) is 4.74 Å². The van der Waals surface area contributed by atoms with Gasteiger partial charge in [-0.25, -0.2) is 4.79 Å². The van der Waals surface area contributed by atoms with Crippen LogP contribution in [-0.4, -0.2) is 36.5 Å². The summed E-state index contributed by atoms with van der Waals surface area (Å²) in [6.07, 6.45) is 2.76. The van der Waals surface area contributed by atoms with Crippen molar-refractivity contribution in [3.8, 4) is 0 Å². The summed E-state index contributed by atoms with van der Waals surface area (Å²) >= 11 is 0. The summed E-state index contributed by atoms with van der Waals surface area (Å²) in [6, 6.07) is 0.0833. The van der Waals surface area contributed by atoms with Gasteiger partial charge in [0.2, 0.25) is 0 Å². The number of ketones is 1. The van der Waals surface area contributed by atoms with Crippen LogP contribution in [-0.2, 0) is 9.53 Å². The minimum absolute atomic E-state index is 0.0385. The SMILES string of the molecule is COC(=O)N1CC2CCC1C(C(C)=O)C2. The first-order chi connectivity index (χ1) is 7.13. The van der Waals surface area contributed by atoms with Crippen LogP contribution in [0.5, 0.6) is 0 Å². The fourth-order valence-electron chi connectivity index (χ4n) is 2.96. The third-order valence-corrected chi connectivity index (χ3v) is 3.71. The first-order valence-electron chi connectivity index (χ1n) is 5.48. The van der Waals surface area contributed by atoms with Gasteiger partial charge in [-0.3, -0.25) is 4.79 Å². The van der Waals surface area contributed by atoms with Crippen LogP contribution in [0.25, 0.3) is 0 Å². The van der Waals surface area contributed by atoms with Crippen LogP contribution in [0.4, 0.5) is 4.79 Å². The third kappa shape index (κ3) is 1.73. The Morgan fingerprint density at radius 3 is 2.60 bits per heavy atom. The Balaban J connectivity index is 2.16. The molecule has 1 amide bonds. The van der Waals surface area contributed by atoms with Crippen LogP contribution >= 0.6 is 0 Å². The molecule has 2 saturated heterocycles. The van der Waals surface area contributed by atoms with E-state index in [-0.39, 0.29) is 23.8 Å². The number of piperidine rings is 2. The quantitative estimate of drug-likeness (QED) is 0.659. The number of ether oxygens (including phenoxy) is 1. The lowest BCUT2D eigenvalue weighted by atomic mass is 9.71. The van der Waals surface area contributed by atoms with E-state index < -0.39 is 0 Å². The molecule has 3 unspecified atom stereocenters. The highest BCUT2D eigenvalue weighted by Crippen LogP contribution is 2.39. The Bertz CT molecular complexity index is 290. The molecule has 3 atom stereocenters. The summed E-state index contributed by atoms with van der Waals surface area (Å²) in [5.74, 6) is 0.734. The lowest BCUT2D eigenvalue weighted by Crippen LogP contribution is -2.56. The number of hydrogen-bond acceptors (Lipinski definition) is 3. The number of carbonyl (C=O) groups excluding carboxylic acids is 2. The normalized spacial score (nSPS) is 34.0. The van der Waals surface area contributed by atoms with Crippen molar-refractivity contribution in [3.05, 3.63) is 0 Å². The van der Waals surface area contributed by atoms with Gasteiger partial charge in [-0.05, 0) is 32.1 Å². The zero-order valence-corrected chi connectivity index (χ0v) is 9.23. The van der Waals surface area contributed by atoms with Crippen molar-refractivity contribution in [1.29, 1.82) is 0 Å². The standard InChI is InChI=1S/C11H17NO3/c1-7(13)9-5-8-3-4-10(9)12(6-8)11(14)15-2/h8-10H,3-6H2,1-2H3. The molecule has 0 radical (unpaired) electrons. The first kappa shape index (κ1) is 10.5. The van der Waals surface area contributed by atoms with E-state index in [1.54, 1.807) is 11.8 Å². The zero-order valence-electron chi connectivity index (χ0n) is 9.23.